The van der Waals surface area contributed by atoms with Crippen molar-refractivity contribution in [3.8, 4) is 11.4 Å². The van der Waals surface area contributed by atoms with Crippen LogP contribution in [0.2, 0.25) is 0 Å². The van der Waals surface area contributed by atoms with Crippen LogP contribution in [-0.2, 0) is 0 Å². The zero-order valence-electron chi connectivity index (χ0n) is 11.0. The Morgan fingerprint density at radius 1 is 1.00 bits per heavy atom. The van der Waals surface area contributed by atoms with E-state index in [9.17, 15) is 18.0 Å². The summed E-state index contributed by atoms with van der Waals surface area (Å²) in [6, 6.07) is 11.8. The number of para-hydroxylation sites is 1. The van der Waals surface area contributed by atoms with Gasteiger partial charge in [0.25, 0.3) is 5.56 Å². The normalized spacial score (nSPS) is 11.6. The van der Waals surface area contributed by atoms with Crippen LogP contribution >= 0.6 is 0 Å². The fourth-order valence-electron chi connectivity index (χ4n) is 2.06. The summed E-state index contributed by atoms with van der Waals surface area (Å²) >= 11 is 0. The first-order valence-corrected chi connectivity index (χ1v) is 6.27. The van der Waals surface area contributed by atoms with E-state index < -0.39 is 6.36 Å². The van der Waals surface area contributed by atoms with Gasteiger partial charge in [-0.3, -0.25) is 9.36 Å². The van der Waals surface area contributed by atoms with Gasteiger partial charge in [0.2, 0.25) is 0 Å². The summed E-state index contributed by atoms with van der Waals surface area (Å²) in [4.78, 5) is 16.5. The summed E-state index contributed by atoms with van der Waals surface area (Å²) in [5, 5.41) is 0.431. The Balaban J connectivity index is 2.01. The molecule has 112 valence electrons. The first-order chi connectivity index (χ1) is 10.4. The van der Waals surface area contributed by atoms with Crippen molar-refractivity contribution >= 4 is 10.9 Å². The van der Waals surface area contributed by atoms with Gasteiger partial charge in [-0.25, -0.2) is 4.98 Å². The van der Waals surface area contributed by atoms with Crippen molar-refractivity contribution in [3.05, 3.63) is 65.2 Å². The molecule has 3 aromatic rings. The average Bonchev–Trinajstić information content (AvgIpc) is 2.47. The molecule has 0 fully saturated rings. The average molecular weight is 306 g/mol. The first kappa shape index (κ1) is 14.1. The molecule has 7 heteroatoms. The van der Waals surface area contributed by atoms with Gasteiger partial charge in [-0.1, -0.05) is 12.1 Å². The minimum atomic E-state index is -4.75. The molecule has 22 heavy (non-hydrogen) atoms. The zero-order chi connectivity index (χ0) is 15.7. The van der Waals surface area contributed by atoms with Gasteiger partial charge >= 0.3 is 6.36 Å². The molecule has 0 radical (unpaired) electrons. The van der Waals surface area contributed by atoms with Gasteiger partial charge in [0.05, 0.1) is 16.6 Å². The smallest absolute Gasteiger partial charge is 0.406 e. The Labute approximate surface area is 122 Å². The van der Waals surface area contributed by atoms with Crippen LogP contribution in [0.15, 0.2) is 59.7 Å². The Hall–Kier alpha value is -2.83. The van der Waals surface area contributed by atoms with Crippen LogP contribution in [0.1, 0.15) is 0 Å². The Kier molecular flexibility index (Phi) is 3.32. The summed E-state index contributed by atoms with van der Waals surface area (Å²) in [7, 11) is 0. The van der Waals surface area contributed by atoms with Crippen LogP contribution in [0.25, 0.3) is 16.6 Å². The van der Waals surface area contributed by atoms with E-state index in [1.54, 1.807) is 24.3 Å². The van der Waals surface area contributed by atoms with Crippen molar-refractivity contribution in [2.24, 2.45) is 0 Å². The van der Waals surface area contributed by atoms with Crippen LogP contribution < -0.4 is 10.3 Å². The Morgan fingerprint density at radius 3 is 2.36 bits per heavy atom. The third-order valence-electron chi connectivity index (χ3n) is 3.01. The monoisotopic (exact) mass is 306 g/mol. The number of alkyl halides is 3. The van der Waals surface area contributed by atoms with Crippen LogP contribution in [0.3, 0.4) is 0 Å². The fourth-order valence-corrected chi connectivity index (χ4v) is 2.06. The third kappa shape index (κ3) is 2.78. The lowest BCUT2D eigenvalue weighted by molar-refractivity contribution is -0.274. The number of ether oxygens (including phenoxy) is 1. The first-order valence-electron chi connectivity index (χ1n) is 6.27. The lowest BCUT2D eigenvalue weighted by Gasteiger charge is -2.10. The van der Waals surface area contributed by atoms with E-state index in [0.717, 1.165) is 12.1 Å². The third-order valence-corrected chi connectivity index (χ3v) is 3.01. The molecule has 0 amide bonds. The van der Waals surface area contributed by atoms with Crippen LogP contribution in [0.5, 0.6) is 5.75 Å². The number of benzene rings is 2. The van der Waals surface area contributed by atoms with Crippen molar-refractivity contribution in [1.82, 2.24) is 9.55 Å². The molecule has 0 spiro atoms. The molecule has 0 aliphatic rings. The maximum absolute atomic E-state index is 12.4. The number of aromatic nitrogens is 2. The molecular formula is C15H9F3N2O2. The SMILES string of the molecule is O=c1c2ccccc2ncn1-c1ccc(OC(F)(F)F)cc1. The molecule has 1 aromatic heterocycles. The van der Waals surface area contributed by atoms with Gasteiger partial charge in [-0.15, -0.1) is 13.2 Å². The highest BCUT2D eigenvalue weighted by Crippen LogP contribution is 2.23. The number of hydrogen-bond donors (Lipinski definition) is 0. The van der Waals surface area contributed by atoms with Gasteiger partial charge in [0, 0.05) is 0 Å². The largest absolute Gasteiger partial charge is 0.573 e. The van der Waals surface area contributed by atoms with E-state index in [0.29, 0.717) is 16.6 Å². The molecule has 0 atom stereocenters. The van der Waals surface area contributed by atoms with Crippen LogP contribution in [-0.4, -0.2) is 15.9 Å². The second-order valence-electron chi connectivity index (χ2n) is 4.48. The van der Waals surface area contributed by atoms with E-state index in [4.69, 9.17) is 0 Å². The molecule has 1 heterocycles. The van der Waals surface area contributed by atoms with E-state index in [2.05, 4.69) is 9.72 Å². The summed E-state index contributed by atoms with van der Waals surface area (Å²) in [5.74, 6) is -0.349. The van der Waals surface area contributed by atoms with Crippen molar-refractivity contribution in [2.45, 2.75) is 6.36 Å². The lowest BCUT2D eigenvalue weighted by Crippen LogP contribution is -2.19. The summed E-state index contributed by atoms with van der Waals surface area (Å²) < 4.78 is 41.4. The molecule has 0 saturated heterocycles. The number of nitrogens with zero attached hydrogens (tertiary/aromatic N) is 2. The summed E-state index contributed by atoms with van der Waals surface area (Å²) in [6.07, 6.45) is -3.41. The molecule has 0 aliphatic heterocycles. The van der Waals surface area contributed by atoms with Crippen LogP contribution in [0, 0.1) is 0 Å². The minimum absolute atomic E-state index is 0.296. The van der Waals surface area contributed by atoms with Crippen molar-refractivity contribution < 1.29 is 17.9 Å². The lowest BCUT2D eigenvalue weighted by atomic mass is 10.2. The molecule has 0 unspecified atom stereocenters. The van der Waals surface area contributed by atoms with Gasteiger partial charge in [0.1, 0.15) is 12.1 Å². The number of halogens is 3. The van der Waals surface area contributed by atoms with Gasteiger partial charge in [0.15, 0.2) is 0 Å². The van der Waals surface area contributed by atoms with E-state index >= 15 is 0 Å². The number of rotatable bonds is 2. The highest BCUT2D eigenvalue weighted by molar-refractivity contribution is 5.77. The standard InChI is InChI=1S/C15H9F3N2O2/c16-15(17,18)22-11-7-5-10(6-8-11)20-9-19-13-4-2-1-3-12(13)14(20)21/h1-9H. The maximum atomic E-state index is 12.4. The van der Waals surface area contributed by atoms with Gasteiger partial charge in [-0.2, -0.15) is 0 Å². The Bertz CT molecular complexity index is 870. The van der Waals surface area contributed by atoms with Gasteiger partial charge < -0.3 is 4.74 Å². The van der Waals surface area contributed by atoms with Crippen LogP contribution in [0.4, 0.5) is 13.2 Å². The molecule has 3 rings (SSSR count). The molecule has 0 bridgehead atoms. The van der Waals surface area contributed by atoms with Crippen molar-refractivity contribution in [1.29, 1.82) is 0 Å². The molecule has 0 aliphatic carbocycles. The highest BCUT2D eigenvalue weighted by Gasteiger charge is 2.30. The Morgan fingerprint density at radius 2 is 1.68 bits per heavy atom. The van der Waals surface area contributed by atoms with E-state index in [1.165, 1.54) is 23.0 Å². The molecule has 0 N–H and O–H groups in total. The van der Waals surface area contributed by atoms with E-state index in [1.807, 2.05) is 0 Å². The summed E-state index contributed by atoms with van der Waals surface area (Å²) in [5.41, 5.74) is 0.661. The predicted molar refractivity (Wildman–Crippen MR) is 74.0 cm³/mol. The molecular weight excluding hydrogens is 297 g/mol. The number of fused-ring (bicyclic) bond motifs is 1. The van der Waals surface area contributed by atoms with Gasteiger partial charge in [-0.05, 0) is 36.4 Å². The number of hydrogen-bond acceptors (Lipinski definition) is 3. The second-order valence-corrected chi connectivity index (χ2v) is 4.48. The second kappa shape index (κ2) is 5.18. The maximum Gasteiger partial charge on any atom is 0.573 e. The summed E-state index contributed by atoms with van der Waals surface area (Å²) in [6.45, 7) is 0. The van der Waals surface area contributed by atoms with E-state index in [-0.39, 0.29) is 11.3 Å². The quantitative estimate of drug-likeness (QED) is 0.730. The minimum Gasteiger partial charge on any atom is -0.406 e. The molecule has 0 saturated carbocycles. The topological polar surface area (TPSA) is 44.1 Å². The highest BCUT2D eigenvalue weighted by atomic mass is 19.4. The fraction of sp³-hybridized carbons (Fsp3) is 0.0667. The zero-order valence-corrected chi connectivity index (χ0v) is 11.0. The molecule has 2 aromatic carbocycles. The van der Waals surface area contributed by atoms with Crippen molar-refractivity contribution in [3.63, 3.8) is 0 Å². The van der Waals surface area contributed by atoms with Crippen molar-refractivity contribution in [2.75, 3.05) is 0 Å². The molecule has 4 nitrogen and oxygen atoms in total. The predicted octanol–water partition coefficient (Wildman–Crippen LogP) is 3.28.